The van der Waals surface area contributed by atoms with Crippen molar-refractivity contribution in [1.29, 1.82) is 0 Å². The average molecular weight is 248 g/mol. The standard InChI is InChI=1S/C8H10BrNOS/c9-8-7(12-4-10-8)5-2-1-3-6(5)11/h4-6,11H,1-3H2. The molecule has 0 amide bonds. The lowest BCUT2D eigenvalue weighted by atomic mass is 10.1. The summed E-state index contributed by atoms with van der Waals surface area (Å²) in [5.41, 5.74) is 1.82. The Morgan fingerprint density at radius 2 is 2.42 bits per heavy atom. The minimum absolute atomic E-state index is 0.151. The van der Waals surface area contributed by atoms with E-state index in [4.69, 9.17) is 0 Å². The van der Waals surface area contributed by atoms with Crippen LogP contribution in [0.2, 0.25) is 0 Å². The van der Waals surface area contributed by atoms with Crippen molar-refractivity contribution < 1.29 is 5.11 Å². The molecular weight excluding hydrogens is 238 g/mol. The third-order valence-electron chi connectivity index (χ3n) is 2.37. The predicted octanol–water partition coefficient (Wildman–Crippen LogP) is 2.53. The molecule has 66 valence electrons. The number of aromatic nitrogens is 1. The zero-order chi connectivity index (χ0) is 8.55. The molecular formula is C8H10BrNOS. The smallest absolute Gasteiger partial charge is 0.120 e. The lowest BCUT2D eigenvalue weighted by Gasteiger charge is -2.11. The monoisotopic (exact) mass is 247 g/mol. The SMILES string of the molecule is OC1CCCC1c1scnc1Br. The average Bonchev–Trinajstić information content (AvgIpc) is 2.59. The van der Waals surface area contributed by atoms with Gasteiger partial charge >= 0.3 is 0 Å². The van der Waals surface area contributed by atoms with Crippen LogP contribution in [-0.2, 0) is 0 Å². The molecule has 0 radical (unpaired) electrons. The van der Waals surface area contributed by atoms with Crippen molar-refractivity contribution in [1.82, 2.24) is 4.98 Å². The summed E-state index contributed by atoms with van der Waals surface area (Å²) in [6, 6.07) is 0. The van der Waals surface area contributed by atoms with Crippen LogP contribution in [0.3, 0.4) is 0 Å². The van der Waals surface area contributed by atoms with E-state index in [9.17, 15) is 5.11 Å². The summed E-state index contributed by atoms with van der Waals surface area (Å²) in [6.07, 6.45) is 3.02. The molecule has 1 N–H and O–H groups in total. The fraction of sp³-hybridized carbons (Fsp3) is 0.625. The lowest BCUT2D eigenvalue weighted by Crippen LogP contribution is -2.09. The first-order chi connectivity index (χ1) is 5.79. The van der Waals surface area contributed by atoms with E-state index in [0.29, 0.717) is 5.92 Å². The van der Waals surface area contributed by atoms with Gasteiger partial charge in [-0.1, -0.05) is 6.42 Å². The first-order valence-electron chi connectivity index (χ1n) is 4.06. The molecule has 1 fully saturated rings. The van der Waals surface area contributed by atoms with E-state index in [1.54, 1.807) is 11.3 Å². The summed E-state index contributed by atoms with van der Waals surface area (Å²) in [7, 11) is 0. The van der Waals surface area contributed by atoms with Crippen LogP contribution < -0.4 is 0 Å². The van der Waals surface area contributed by atoms with Crippen LogP contribution in [0.4, 0.5) is 0 Å². The van der Waals surface area contributed by atoms with Crippen molar-refractivity contribution in [2.24, 2.45) is 0 Å². The number of hydrogen-bond donors (Lipinski definition) is 1. The Balaban J connectivity index is 2.24. The molecule has 4 heteroatoms. The molecule has 0 aliphatic heterocycles. The fourth-order valence-corrected chi connectivity index (χ4v) is 3.41. The largest absolute Gasteiger partial charge is 0.392 e. The van der Waals surface area contributed by atoms with Gasteiger partial charge in [0.15, 0.2) is 0 Å². The van der Waals surface area contributed by atoms with Gasteiger partial charge in [0.1, 0.15) is 4.60 Å². The van der Waals surface area contributed by atoms with E-state index in [1.807, 2.05) is 5.51 Å². The van der Waals surface area contributed by atoms with E-state index < -0.39 is 0 Å². The van der Waals surface area contributed by atoms with Gasteiger partial charge in [-0.15, -0.1) is 11.3 Å². The van der Waals surface area contributed by atoms with Crippen molar-refractivity contribution in [3.05, 3.63) is 15.0 Å². The summed E-state index contributed by atoms with van der Waals surface area (Å²) in [5, 5.41) is 9.64. The number of thiazole rings is 1. The highest BCUT2D eigenvalue weighted by atomic mass is 79.9. The Bertz CT molecular complexity index is 276. The van der Waals surface area contributed by atoms with Crippen molar-refractivity contribution in [3.63, 3.8) is 0 Å². The zero-order valence-electron chi connectivity index (χ0n) is 6.53. The van der Waals surface area contributed by atoms with E-state index >= 15 is 0 Å². The number of rotatable bonds is 1. The Morgan fingerprint density at radius 1 is 1.58 bits per heavy atom. The van der Waals surface area contributed by atoms with Gasteiger partial charge in [-0.05, 0) is 28.8 Å². The highest BCUT2D eigenvalue weighted by Crippen LogP contribution is 2.39. The van der Waals surface area contributed by atoms with Gasteiger partial charge in [0.25, 0.3) is 0 Å². The molecule has 12 heavy (non-hydrogen) atoms. The van der Waals surface area contributed by atoms with Crippen LogP contribution >= 0.6 is 27.3 Å². The molecule has 1 heterocycles. The summed E-state index contributed by atoms with van der Waals surface area (Å²) >= 11 is 5.02. The van der Waals surface area contributed by atoms with Crippen LogP contribution in [0.5, 0.6) is 0 Å². The van der Waals surface area contributed by atoms with Gasteiger partial charge < -0.3 is 5.11 Å². The minimum Gasteiger partial charge on any atom is -0.392 e. The van der Waals surface area contributed by atoms with E-state index in [2.05, 4.69) is 20.9 Å². The molecule has 1 saturated carbocycles. The topological polar surface area (TPSA) is 33.1 Å². The second kappa shape index (κ2) is 3.44. The normalized spacial score (nSPS) is 29.5. The molecule has 2 atom stereocenters. The van der Waals surface area contributed by atoms with Crippen LogP contribution in [0, 0.1) is 0 Å². The van der Waals surface area contributed by atoms with Crippen molar-refractivity contribution >= 4 is 27.3 Å². The first kappa shape index (κ1) is 8.66. The third kappa shape index (κ3) is 1.43. The van der Waals surface area contributed by atoms with Crippen LogP contribution in [-0.4, -0.2) is 16.2 Å². The number of hydrogen-bond acceptors (Lipinski definition) is 3. The Kier molecular flexibility index (Phi) is 2.48. The van der Waals surface area contributed by atoms with E-state index in [0.717, 1.165) is 23.9 Å². The summed E-state index contributed by atoms with van der Waals surface area (Å²) in [5.74, 6) is 0.326. The molecule has 1 aliphatic rings. The Morgan fingerprint density at radius 3 is 2.92 bits per heavy atom. The number of nitrogens with zero attached hydrogens (tertiary/aromatic N) is 1. The molecule has 2 unspecified atom stereocenters. The third-order valence-corrected chi connectivity index (χ3v) is 4.22. The van der Waals surface area contributed by atoms with Gasteiger partial charge in [0, 0.05) is 10.8 Å². The predicted molar refractivity (Wildman–Crippen MR) is 52.4 cm³/mol. The van der Waals surface area contributed by atoms with Crippen molar-refractivity contribution in [3.8, 4) is 0 Å². The summed E-state index contributed by atoms with van der Waals surface area (Å²) < 4.78 is 0.915. The maximum Gasteiger partial charge on any atom is 0.120 e. The van der Waals surface area contributed by atoms with Crippen molar-refractivity contribution in [2.45, 2.75) is 31.3 Å². The second-order valence-corrected chi connectivity index (χ2v) is 4.75. The molecule has 1 aromatic heterocycles. The van der Waals surface area contributed by atoms with Gasteiger partial charge in [-0.25, -0.2) is 4.98 Å². The molecule has 0 spiro atoms. The van der Waals surface area contributed by atoms with Gasteiger partial charge in [-0.3, -0.25) is 0 Å². The molecule has 1 aromatic rings. The minimum atomic E-state index is -0.151. The summed E-state index contributed by atoms with van der Waals surface area (Å²) in [6.45, 7) is 0. The quantitative estimate of drug-likeness (QED) is 0.828. The van der Waals surface area contributed by atoms with Gasteiger partial charge in [0.2, 0.25) is 0 Å². The number of aliphatic hydroxyl groups excluding tert-OH is 1. The number of aliphatic hydroxyl groups is 1. The molecule has 0 aromatic carbocycles. The molecule has 2 rings (SSSR count). The lowest BCUT2D eigenvalue weighted by molar-refractivity contribution is 0.164. The highest BCUT2D eigenvalue weighted by molar-refractivity contribution is 9.10. The van der Waals surface area contributed by atoms with Crippen LogP contribution in [0.25, 0.3) is 0 Å². The molecule has 0 saturated heterocycles. The Hall–Kier alpha value is 0.0700. The molecule has 0 bridgehead atoms. The number of halogens is 1. The van der Waals surface area contributed by atoms with Crippen LogP contribution in [0.15, 0.2) is 10.1 Å². The maximum absolute atomic E-state index is 9.64. The maximum atomic E-state index is 9.64. The Labute approximate surface area is 83.8 Å². The van der Waals surface area contributed by atoms with E-state index in [1.165, 1.54) is 4.88 Å². The van der Waals surface area contributed by atoms with Crippen LogP contribution in [0.1, 0.15) is 30.1 Å². The van der Waals surface area contributed by atoms with Gasteiger partial charge in [0.05, 0.1) is 11.6 Å². The fourth-order valence-electron chi connectivity index (χ4n) is 1.73. The highest BCUT2D eigenvalue weighted by Gasteiger charge is 2.29. The first-order valence-corrected chi connectivity index (χ1v) is 5.73. The van der Waals surface area contributed by atoms with Gasteiger partial charge in [-0.2, -0.15) is 0 Å². The summed E-state index contributed by atoms with van der Waals surface area (Å²) in [4.78, 5) is 5.33. The zero-order valence-corrected chi connectivity index (χ0v) is 8.94. The molecule has 1 aliphatic carbocycles. The second-order valence-electron chi connectivity index (χ2n) is 3.11. The van der Waals surface area contributed by atoms with Crippen molar-refractivity contribution in [2.75, 3.05) is 0 Å². The van der Waals surface area contributed by atoms with E-state index in [-0.39, 0.29) is 6.10 Å². The molecule has 2 nitrogen and oxygen atoms in total.